The summed E-state index contributed by atoms with van der Waals surface area (Å²) >= 11 is 0. The molecule has 10 heteroatoms. The first-order valence-electron chi connectivity index (χ1n) is 8.60. The molecule has 0 amide bonds. The van der Waals surface area contributed by atoms with Crippen molar-refractivity contribution < 1.29 is 33.5 Å². The van der Waals surface area contributed by atoms with Crippen LogP contribution in [-0.2, 0) is 28.5 Å². The summed E-state index contributed by atoms with van der Waals surface area (Å²) in [6.45, 7) is 0. The predicted octanol–water partition coefficient (Wildman–Crippen LogP) is 2.58. The van der Waals surface area contributed by atoms with Crippen molar-refractivity contribution in [3.63, 3.8) is 0 Å². The Labute approximate surface area is 173 Å². The predicted molar refractivity (Wildman–Crippen MR) is 107 cm³/mol. The number of rotatable bonds is 7. The monoisotopic (exact) mass is 420 g/mol. The zero-order chi connectivity index (χ0) is 22.7. The van der Waals surface area contributed by atoms with E-state index in [0.717, 1.165) is 5.56 Å². The molecule has 2 atom stereocenters. The van der Waals surface area contributed by atoms with Gasteiger partial charge < -0.3 is 24.7 Å². The molecule has 10 nitrogen and oxygen atoms in total. The van der Waals surface area contributed by atoms with E-state index in [1.807, 2.05) is 0 Å². The van der Waals surface area contributed by atoms with Crippen LogP contribution in [0.3, 0.4) is 0 Å². The number of nitrogens with zero attached hydrogens (tertiary/aromatic N) is 1. The molecular formula is C20H24N2O8. The Morgan fingerprint density at radius 3 is 1.47 bits per heavy atom. The van der Waals surface area contributed by atoms with Crippen LogP contribution in [0.4, 0.5) is 11.4 Å². The summed E-state index contributed by atoms with van der Waals surface area (Å²) in [7, 11) is 5.40. The maximum absolute atomic E-state index is 11.3. The van der Waals surface area contributed by atoms with Gasteiger partial charge in [-0.1, -0.05) is 12.1 Å². The molecule has 0 bridgehead atoms. The largest absolute Gasteiger partial charge is 0.467 e. The first-order valence-corrected chi connectivity index (χ1v) is 8.60. The smallest absolute Gasteiger partial charge is 0.339 e. The quantitative estimate of drug-likeness (QED) is 0.310. The SMILES string of the molecule is COC(=O)C(OC)c1ccc(N)cc1.COC(=O)C(OC)c1ccc([N+](=O)[O-])cc1. The average Bonchev–Trinajstić information content (AvgIpc) is 2.76. The Morgan fingerprint density at radius 2 is 1.17 bits per heavy atom. The van der Waals surface area contributed by atoms with Crippen LogP contribution >= 0.6 is 0 Å². The number of non-ortho nitro benzene ring substituents is 1. The zero-order valence-electron chi connectivity index (χ0n) is 17.1. The van der Waals surface area contributed by atoms with Gasteiger partial charge in [-0.3, -0.25) is 10.1 Å². The Bertz CT molecular complexity index is 837. The summed E-state index contributed by atoms with van der Waals surface area (Å²) in [6, 6.07) is 12.4. The van der Waals surface area contributed by atoms with Gasteiger partial charge in [-0.05, 0) is 35.4 Å². The number of nitrogen functional groups attached to an aromatic ring is 1. The van der Waals surface area contributed by atoms with E-state index in [-0.39, 0.29) is 5.69 Å². The van der Waals surface area contributed by atoms with Crippen LogP contribution in [0, 0.1) is 10.1 Å². The van der Waals surface area contributed by atoms with Crippen LogP contribution in [0.25, 0.3) is 0 Å². The van der Waals surface area contributed by atoms with E-state index in [9.17, 15) is 19.7 Å². The molecule has 0 saturated heterocycles. The van der Waals surface area contributed by atoms with E-state index >= 15 is 0 Å². The van der Waals surface area contributed by atoms with Crippen LogP contribution in [0.2, 0.25) is 0 Å². The van der Waals surface area contributed by atoms with E-state index in [2.05, 4.69) is 9.47 Å². The summed E-state index contributed by atoms with van der Waals surface area (Å²) in [5.74, 6) is -0.964. The summed E-state index contributed by atoms with van der Waals surface area (Å²) < 4.78 is 19.1. The first kappa shape index (κ1) is 24.5. The number of hydrogen-bond donors (Lipinski definition) is 1. The molecule has 0 saturated carbocycles. The molecule has 0 radical (unpaired) electrons. The Kier molecular flexibility index (Phi) is 9.93. The number of methoxy groups -OCH3 is 4. The molecule has 2 aromatic carbocycles. The van der Waals surface area contributed by atoms with Crippen molar-refractivity contribution in [2.75, 3.05) is 34.2 Å². The van der Waals surface area contributed by atoms with Gasteiger partial charge in [0.15, 0.2) is 12.2 Å². The van der Waals surface area contributed by atoms with Crippen molar-refractivity contribution in [3.05, 3.63) is 69.8 Å². The van der Waals surface area contributed by atoms with Gasteiger partial charge in [0.25, 0.3) is 5.69 Å². The van der Waals surface area contributed by atoms with Crippen LogP contribution in [0.5, 0.6) is 0 Å². The third-order valence-electron chi connectivity index (χ3n) is 3.95. The van der Waals surface area contributed by atoms with Gasteiger partial charge in [0, 0.05) is 32.0 Å². The first-order chi connectivity index (χ1) is 14.3. The van der Waals surface area contributed by atoms with Crippen molar-refractivity contribution in [1.29, 1.82) is 0 Å². The number of nitro groups is 1. The molecule has 2 aromatic rings. The third-order valence-corrected chi connectivity index (χ3v) is 3.95. The van der Waals surface area contributed by atoms with Gasteiger partial charge in [0.1, 0.15) is 0 Å². The lowest BCUT2D eigenvalue weighted by Crippen LogP contribution is -2.15. The Morgan fingerprint density at radius 1 is 0.800 bits per heavy atom. The number of anilines is 1. The third kappa shape index (κ3) is 6.83. The van der Waals surface area contributed by atoms with Crippen molar-refractivity contribution >= 4 is 23.3 Å². The number of nitro benzene ring substituents is 1. The van der Waals surface area contributed by atoms with Gasteiger partial charge in [0.2, 0.25) is 0 Å². The standard InChI is InChI=1S/C10H11NO5.C10H13NO3/c1-15-9(10(12)16-2)7-3-5-8(6-4-7)11(13)14;1-13-9(10(12)14-2)7-3-5-8(11)6-4-7/h3-6,9H,1-2H3;3-6,9H,11H2,1-2H3. The molecule has 2 N–H and O–H groups in total. The molecule has 0 heterocycles. The minimum absolute atomic E-state index is 0.0385. The number of ether oxygens (including phenoxy) is 4. The molecule has 2 unspecified atom stereocenters. The fraction of sp³-hybridized carbons (Fsp3) is 0.300. The zero-order valence-corrected chi connectivity index (χ0v) is 17.1. The summed E-state index contributed by atoms with van der Waals surface area (Å²) in [4.78, 5) is 32.4. The molecule has 0 aliphatic rings. The van der Waals surface area contributed by atoms with Gasteiger partial charge in [-0.15, -0.1) is 0 Å². The lowest BCUT2D eigenvalue weighted by Gasteiger charge is -2.12. The number of esters is 2. The second-order valence-electron chi connectivity index (χ2n) is 5.79. The van der Waals surface area contributed by atoms with E-state index < -0.39 is 29.1 Å². The summed E-state index contributed by atoms with van der Waals surface area (Å²) in [5.41, 5.74) is 7.37. The number of benzene rings is 2. The summed E-state index contributed by atoms with van der Waals surface area (Å²) in [6.07, 6.45) is -1.54. The van der Waals surface area contributed by atoms with Crippen LogP contribution in [-0.4, -0.2) is 45.3 Å². The average molecular weight is 420 g/mol. The van der Waals surface area contributed by atoms with E-state index in [0.29, 0.717) is 11.3 Å². The molecule has 162 valence electrons. The van der Waals surface area contributed by atoms with Gasteiger partial charge in [0.05, 0.1) is 19.1 Å². The molecule has 30 heavy (non-hydrogen) atoms. The number of carbonyl (C=O) groups excluding carboxylic acids is 2. The van der Waals surface area contributed by atoms with Gasteiger partial charge >= 0.3 is 11.9 Å². The highest BCUT2D eigenvalue weighted by molar-refractivity contribution is 5.77. The Balaban J connectivity index is 0.000000303. The number of hydrogen-bond acceptors (Lipinski definition) is 9. The fourth-order valence-corrected chi connectivity index (χ4v) is 2.39. The minimum atomic E-state index is -0.856. The highest BCUT2D eigenvalue weighted by atomic mass is 16.6. The van der Waals surface area contributed by atoms with Crippen molar-refractivity contribution in [1.82, 2.24) is 0 Å². The van der Waals surface area contributed by atoms with Crippen LogP contribution in [0.1, 0.15) is 23.3 Å². The fourth-order valence-electron chi connectivity index (χ4n) is 2.39. The van der Waals surface area contributed by atoms with Crippen LogP contribution < -0.4 is 5.73 Å². The number of carbonyl (C=O) groups is 2. The van der Waals surface area contributed by atoms with E-state index in [1.165, 1.54) is 52.7 Å². The van der Waals surface area contributed by atoms with Gasteiger partial charge in [-0.2, -0.15) is 0 Å². The maximum atomic E-state index is 11.3. The normalized spacial score (nSPS) is 12.0. The summed E-state index contributed by atoms with van der Waals surface area (Å²) in [5, 5.41) is 10.4. The molecule has 2 rings (SSSR count). The molecule has 0 aromatic heterocycles. The maximum Gasteiger partial charge on any atom is 0.339 e. The van der Waals surface area contributed by atoms with Crippen molar-refractivity contribution in [3.8, 4) is 0 Å². The highest BCUT2D eigenvalue weighted by Crippen LogP contribution is 2.21. The second kappa shape index (κ2) is 12.1. The minimum Gasteiger partial charge on any atom is -0.467 e. The molecule has 0 aliphatic carbocycles. The van der Waals surface area contributed by atoms with Crippen LogP contribution in [0.15, 0.2) is 48.5 Å². The molecule has 0 aliphatic heterocycles. The van der Waals surface area contributed by atoms with E-state index in [1.54, 1.807) is 24.3 Å². The van der Waals surface area contributed by atoms with E-state index in [4.69, 9.17) is 15.2 Å². The topological polar surface area (TPSA) is 140 Å². The van der Waals surface area contributed by atoms with Crippen molar-refractivity contribution in [2.45, 2.75) is 12.2 Å². The lowest BCUT2D eigenvalue weighted by molar-refractivity contribution is -0.384. The Hall–Kier alpha value is -3.50. The molecule has 0 spiro atoms. The molecule has 0 fully saturated rings. The molecular weight excluding hydrogens is 396 g/mol. The lowest BCUT2D eigenvalue weighted by atomic mass is 10.1. The highest BCUT2D eigenvalue weighted by Gasteiger charge is 2.21. The second-order valence-corrected chi connectivity index (χ2v) is 5.79. The van der Waals surface area contributed by atoms with Gasteiger partial charge in [-0.25, -0.2) is 9.59 Å². The van der Waals surface area contributed by atoms with Crippen molar-refractivity contribution in [2.24, 2.45) is 0 Å². The number of nitrogens with two attached hydrogens (primary N) is 1.